The Labute approximate surface area is 156 Å². The molecule has 8 heteroatoms. The van der Waals surface area contributed by atoms with Gasteiger partial charge in [-0.1, -0.05) is 12.1 Å². The van der Waals surface area contributed by atoms with Crippen molar-refractivity contribution in [3.8, 4) is 11.3 Å². The van der Waals surface area contributed by atoms with Crippen molar-refractivity contribution in [1.29, 1.82) is 0 Å². The van der Waals surface area contributed by atoms with Crippen molar-refractivity contribution in [3.05, 3.63) is 47.9 Å². The molecule has 0 spiro atoms. The molecule has 1 saturated heterocycles. The van der Waals surface area contributed by atoms with Crippen LogP contribution in [-0.2, 0) is 4.79 Å². The lowest BCUT2D eigenvalue weighted by Crippen LogP contribution is -2.45. The van der Waals surface area contributed by atoms with Gasteiger partial charge < -0.3 is 16.4 Å². The lowest BCUT2D eigenvalue weighted by Gasteiger charge is -2.35. The molecule has 0 radical (unpaired) electrons. The molecule has 1 atom stereocenters. The summed E-state index contributed by atoms with van der Waals surface area (Å²) in [6, 6.07) is 6.74. The average Bonchev–Trinajstić information content (AvgIpc) is 2.67. The van der Waals surface area contributed by atoms with E-state index < -0.39 is 11.8 Å². The van der Waals surface area contributed by atoms with Gasteiger partial charge in [-0.25, -0.2) is 4.98 Å². The largest absolute Gasteiger partial charge is 0.370 e. The van der Waals surface area contributed by atoms with Gasteiger partial charge in [0.25, 0.3) is 11.8 Å². The van der Waals surface area contributed by atoms with Gasteiger partial charge in [0.1, 0.15) is 5.69 Å². The fourth-order valence-electron chi connectivity index (χ4n) is 3.29. The molecule has 27 heavy (non-hydrogen) atoms. The fourth-order valence-corrected chi connectivity index (χ4v) is 3.29. The molecular formula is C19H21N5O3. The molecule has 1 fully saturated rings. The summed E-state index contributed by atoms with van der Waals surface area (Å²) in [7, 11) is 0. The zero-order valence-electron chi connectivity index (χ0n) is 14.8. The lowest BCUT2D eigenvalue weighted by atomic mass is 9.97. The number of hydrogen-bond acceptors (Lipinski definition) is 5. The first-order chi connectivity index (χ1) is 13.0. The van der Waals surface area contributed by atoms with Crippen molar-refractivity contribution in [2.45, 2.75) is 31.7 Å². The first-order valence-corrected chi connectivity index (χ1v) is 8.77. The van der Waals surface area contributed by atoms with Gasteiger partial charge in [-0.3, -0.25) is 19.4 Å². The van der Waals surface area contributed by atoms with Crippen molar-refractivity contribution < 1.29 is 14.4 Å². The van der Waals surface area contributed by atoms with E-state index in [9.17, 15) is 14.4 Å². The number of carbonyl (C=O) groups excluding carboxylic acids is 3. The van der Waals surface area contributed by atoms with Crippen LogP contribution < -0.4 is 11.5 Å². The summed E-state index contributed by atoms with van der Waals surface area (Å²) in [4.78, 5) is 45.3. The quantitative estimate of drug-likeness (QED) is 0.817. The number of carbonyl (C=O) groups is 3. The Bertz CT molecular complexity index is 866. The van der Waals surface area contributed by atoms with Crippen molar-refractivity contribution in [2.24, 2.45) is 11.5 Å². The predicted octanol–water partition coefficient (Wildman–Crippen LogP) is 1.11. The van der Waals surface area contributed by atoms with Gasteiger partial charge in [0, 0.05) is 30.1 Å². The van der Waals surface area contributed by atoms with Crippen molar-refractivity contribution in [1.82, 2.24) is 14.9 Å². The maximum atomic E-state index is 12.9. The highest BCUT2D eigenvalue weighted by Gasteiger charge is 2.28. The first-order valence-electron chi connectivity index (χ1n) is 8.77. The van der Waals surface area contributed by atoms with Crippen molar-refractivity contribution >= 4 is 17.7 Å². The average molecular weight is 367 g/mol. The second-order valence-corrected chi connectivity index (χ2v) is 6.55. The first kappa shape index (κ1) is 18.5. The van der Waals surface area contributed by atoms with Crippen LogP contribution >= 0.6 is 0 Å². The number of likely N-dealkylation sites (tertiary alicyclic amines) is 1. The Morgan fingerprint density at radius 3 is 2.48 bits per heavy atom. The van der Waals surface area contributed by atoms with Crippen LogP contribution in [0.4, 0.5) is 0 Å². The van der Waals surface area contributed by atoms with E-state index in [2.05, 4.69) is 9.97 Å². The minimum Gasteiger partial charge on any atom is -0.370 e. The Hall–Kier alpha value is -3.29. The van der Waals surface area contributed by atoms with Gasteiger partial charge in [0.2, 0.25) is 5.91 Å². The van der Waals surface area contributed by atoms with Gasteiger partial charge in [-0.05, 0) is 31.4 Å². The molecule has 2 heterocycles. The number of benzene rings is 1. The van der Waals surface area contributed by atoms with Crippen LogP contribution in [0.2, 0.25) is 0 Å². The van der Waals surface area contributed by atoms with E-state index in [1.165, 1.54) is 12.4 Å². The van der Waals surface area contributed by atoms with Gasteiger partial charge in [0.15, 0.2) is 0 Å². The van der Waals surface area contributed by atoms with Crippen molar-refractivity contribution in [3.63, 3.8) is 0 Å². The zero-order chi connectivity index (χ0) is 19.4. The number of aromatic nitrogens is 2. The fraction of sp³-hybridized carbons (Fsp3) is 0.316. The van der Waals surface area contributed by atoms with Gasteiger partial charge in [0.05, 0.1) is 18.1 Å². The minimum atomic E-state index is -0.651. The van der Waals surface area contributed by atoms with Crippen LogP contribution in [0.15, 0.2) is 36.7 Å². The molecule has 140 valence electrons. The molecule has 2 aromatic rings. The summed E-state index contributed by atoms with van der Waals surface area (Å²) in [6.45, 7) is 0.616. The number of rotatable bonds is 5. The number of primary amides is 2. The summed E-state index contributed by atoms with van der Waals surface area (Å²) in [5.41, 5.74) is 12.4. The van der Waals surface area contributed by atoms with E-state index in [0.717, 1.165) is 24.8 Å². The molecule has 0 saturated carbocycles. The predicted molar refractivity (Wildman–Crippen MR) is 98.5 cm³/mol. The number of nitrogens with two attached hydrogens (primary N) is 2. The Morgan fingerprint density at radius 2 is 1.81 bits per heavy atom. The monoisotopic (exact) mass is 367 g/mol. The van der Waals surface area contributed by atoms with Crippen LogP contribution in [0, 0.1) is 0 Å². The summed E-state index contributed by atoms with van der Waals surface area (Å²) in [5.74, 6) is -1.17. The van der Waals surface area contributed by atoms with Crippen LogP contribution in [0.5, 0.6) is 0 Å². The normalized spacial score (nSPS) is 16.7. The molecule has 1 aliphatic rings. The zero-order valence-corrected chi connectivity index (χ0v) is 14.8. The number of hydrogen-bond donors (Lipinski definition) is 2. The van der Waals surface area contributed by atoms with Gasteiger partial charge >= 0.3 is 0 Å². The van der Waals surface area contributed by atoms with E-state index in [-0.39, 0.29) is 24.1 Å². The summed E-state index contributed by atoms with van der Waals surface area (Å²) >= 11 is 0. The van der Waals surface area contributed by atoms with E-state index in [0.29, 0.717) is 17.8 Å². The molecule has 3 rings (SSSR count). The topological polar surface area (TPSA) is 132 Å². The maximum Gasteiger partial charge on any atom is 0.268 e. The lowest BCUT2D eigenvalue weighted by molar-refractivity contribution is -0.119. The molecule has 3 amide bonds. The minimum absolute atomic E-state index is 0.0789. The van der Waals surface area contributed by atoms with Crippen LogP contribution in [0.25, 0.3) is 11.3 Å². The maximum absolute atomic E-state index is 12.9. The highest BCUT2D eigenvalue weighted by Crippen LogP contribution is 2.23. The van der Waals surface area contributed by atoms with Crippen molar-refractivity contribution in [2.75, 3.05) is 6.54 Å². The Morgan fingerprint density at radius 1 is 1.07 bits per heavy atom. The molecule has 1 aliphatic heterocycles. The molecule has 4 N–H and O–H groups in total. The smallest absolute Gasteiger partial charge is 0.268 e. The second kappa shape index (κ2) is 7.94. The van der Waals surface area contributed by atoms with Crippen LogP contribution in [0.3, 0.4) is 0 Å². The molecule has 8 nitrogen and oxygen atoms in total. The third-order valence-corrected chi connectivity index (χ3v) is 4.64. The summed E-state index contributed by atoms with van der Waals surface area (Å²) in [6.07, 6.45) is 5.68. The van der Waals surface area contributed by atoms with E-state index in [1.54, 1.807) is 29.2 Å². The van der Waals surface area contributed by atoms with E-state index >= 15 is 0 Å². The molecule has 0 bridgehead atoms. The summed E-state index contributed by atoms with van der Waals surface area (Å²) in [5, 5.41) is 0. The third-order valence-electron chi connectivity index (χ3n) is 4.64. The molecular weight excluding hydrogens is 346 g/mol. The Kier molecular flexibility index (Phi) is 5.44. The highest BCUT2D eigenvalue weighted by molar-refractivity contribution is 5.95. The number of nitrogens with zero attached hydrogens (tertiary/aromatic N) is 3. The van der Waals surface area contributed by atoms with Gasteiger partial charge in [-0.2, -0.15) is 0 Å². The molecule has 0 unspecified atom stereocenters. The van der Waals surface area contributed by atoms with Crippen LogP contribution in [0.1, 0.15) is 46.5 Å². The van der Waals surface area contributed by atoms with E-state index in [1.807, 2.05) is 0 Å². The van der Waals surface area contributed by atoms with Gasteiger partial charge in [-0.15, -0.1) is 0 Å². The molecule has 1 aromatic carbocycles. The molecule has 1 aromatic heterocycles. The van der Waals surface area contributed by atoms with E-state index in [4.69, 9.17) is 11.5 Å². The third kappa shape index (κ3) is 4.28. The summed E-state index contributed by atoms with van der Waals surface area (Å²) < 4.78 is 0. The highest BCUT2D eigenvalue weighted by atomic mass is 16.2. The molecule has 0 aliphatic carbocycles. The number of piperidine rings is 1. The Balaban J connectivity index is 1.80. The number of amides is 3. The standard InChI is InChI=1S/C19H21N5O3/c20-17(25)9-14-3-1-2-8-24(14)19(27)13-6-4-12(5-7-13)15-10-22-11-16(23-15)18(21)26/h4-7,10-11,14H,1-3,8-9H2,(H2,20,25)(H2,21,26)/t14-/m1/s1. The van der Waals surface area contributed by atoms with Crippen LogP contribution in [-0.4, -0.2) is 45.2 Å². The SMILES string of the molecule is NC(=O)C[C@H]1CCCCN1C(=O)c1ccc(-c2cncc(C(N)=O)n2)cc1. The second-order valence-electron chi connectivity index (χ2n) is 6.55.